The summed E-state index contributed by atoms with van der Waals surface area (Å²) in [6, 6.07) is 11.8. The Morgan fingerprint density at radius 3 is 1.50 bits per heavy atom. The summed E-state index contributed by atoms with van der Waals surface area (Å²) >= 11 is 0. The third kappa shape index (κ3) is 1.76. The highest BCUT2D eigenvalue weighted by Crippen LogP contribution is 2.46. The average Bonchev–Trinajstić information content (AvgIpc) is 2.54. The molecule has 4 heteroatoms. The second kappa shape index (κ2) is 4.63. The van der Waals surface area contributed by atoms with Gasteiger partial charge in [0, 0.05) is 11.1 Å². The van der Waals surface area contributed by atoms with Gasteiger partial charge in [0.25, 0.3) is 0 Å². The third-order valence-corrected chi connectivity index (χ3v) is 3.42. The molecule has 2 aliphatic heterocycles. The molecule has 4 rings (SSSR count). The molecule has 0 saturated carbocycles. The number of benzene rings is 2. The van der Waals surface area contributed by atoms with Crippen molar-refractivity contribution >= 4 is 0 Å². The van der Waals surface area contributed by atoms with Crippen LogP contribution in [0.4, 0.5) is 0 Å². The number of hydrogen-bond donors (Lipinski definition) is 0. The number of hydrogen-bond acceptors (Lipinski definition) is 4. The van der Waals surface area contributed by atoms with Crippen LogP contribution >= 0.6 is 0 Å². The maximum Gasteiger partial charge on any atom is 0.169 e. The molecule has 0 aliphatic carbocycles. The average molecular weight is 270 g/mol. The Kier molecular flexibility index (Phi) is 2.66. The van der Waals surface area contributed by atoms with Crippen molar-refractivity contribution in [2.24, 2.45) is 0 Å². The highest BCUT2D eigenvalue weighted by molar-refractivity contribution is 5.80. The Morgan fingerprint density at radius 1 is 0.550 bits per heavy atom. The maximum atomic E-state index is 5.78. The van der Waals surface area contributed by atoms with Crippen molar-refractivity contribution in [3.63, 3.8) is 0 Å². The highest BCUT2D eigenvalue weighted by atomic mass is 16.6. The summed E-state index contributed by atoms with van der Waals surface area (Å²) < 4.78 is 22.8. The van der Waals surface area contributed by atoms with Gasteiger partial charge in [-0.15, -0.1) is 0 Å². The van der Waals surface area contributed by atoms with E-state index in [-0.39, 0.29) is 0 Å². The zero-order chi connectivity index (χ0) is 13.4. The molecule has 4 nitrogen and oxygen atoms in total. The second-order valence-corrected chi connectivity index (χ2v) is 4.66. The largest absolute Gasteiger partial charge is 0.486 e. The van der Waals surface area contributed by atoms with Crippen LogP contribution < -0.4 is 18.9 Å². The molecule has 0 amide bonds. The van der Waals surface area contributed by atoms with Gasteiger partial charge in [0.05, 0.1) is 0 Å². The summed E-state index contributed by atoms with van der Waals surface area (Å²) in [5.74, 6) is 3.12. The maximum absolute atomic E-state index is 5.78. The zero-order valence-corrected chi connectivity index (χ0v) is 10.9. The van der Waals surface area contributed by atoms with Crippen LogP contribution in [0.1, 0.15) is 0 Å². The van der Waals surface area contributed by atoms with Gasteiger partial charge in [-0.05, 0) is 12.1 Å². The molecule has 0 unspecified atom stereocenters. The summed E-state index contributed by atoms with van der Waals surface area (Å²) in [6.45, 7) is 2.30. The van der Waals surface area contributed by atoms with Gasteiger partial charge in [0.1, 0.15) is 26.4 Å². The van der Waals surface area contributed by atoms with Gasteiger partial charge >= 0.3 is 0 Å². The van der Waals surface area contributed by atoms with E-state index in [2.05, 4.69) is 0 Å². The van der Waals surface area contributed by atoms with E-state index in [0.29, 0.717) is 26.4 Å². The summed E-state index contributed by atoms with van der Waals surface area (Å²) in [4.78, 5) is 0. The van der Waals surface area contributed by atoms with Gasteiger partial charge in [0.2, 0.25) is 0 Å². The van der Waals surface area contributed by atoms with Crippen molar-refractivity contribution in [3.8, 4) is 34.1 Å². The van der Waals surface area contributed by atoms with Gasteiger partial charge < -0.3 is 18.9 Å². The molecule has 2 aromatic rings. The molecule has 0 atom stereocenters. The first-order valence-corrected chi connectivity index (χ1v) is 6.71. The standard InChI is InChI=1S/C16H14O4/c1-3-11(15-13(5-1)17-7-9-19-15)12-4-2-6-14-16(12)20-10-8-18-14/h1-6H,7-10H2. The van der Waals surface area contributed by atoms with Gasteiger partial charge in [-0.3, -0.25) is 0 Å². The molecule has 0 fully saturated rings. The van der Waals surface area contributed by atoms with Crippen molar-refractivity contribution in [2.75, 3.05) is 26.4 Å². The topological polar surface area (TPSA) is 36.9 Å². The summed E-state index contributed by atoms with van der Waals surface area (Å²) in [7, 11) is 0. The Labute approximate surface area is 116 Å². The predicted molar refractivity (Wildman–Crippen MR) is 73.9 cm³/mol. The Bertz CT molecular complexity index is 593. The van der Waals surface area contributed by atoms with Crippen LogP contribution in [0.15, 0.2) is 36.4 Å². The predicted octanol–water partition coefficient (Wildman–Crippen LogP) is 2.90. The second-order valence-electron chi connectivity index (χ2n) is 4.66. The lowest BCUT2D eigenvalue weighted by atomic mass is 10.0. The van der Waals surface area contributed by atoms with Crippen LogP contribution in [0.3, 0.4) is 0 Å². The molecule has 0 bridgehead atoms. The van der Waals surface area contributed by atoms with E-state index < -0.39 is 0 Å². The van der Waals surface area contributed by atoms with Crippen LogP contribution in [0, 0.1) is 0 Å². The summed E-state index contributed by atoms with van der Waals surface area (Å²) in [6.07, 6.45) is 0. The number of para-hydroxylation sites is 2. The minimum absolute atomic E-state index is 0.566. The van der Waals surface area contributed by atoms with E-state index in [1.807, 2.05) is 36.4 Å². The van der Waals surface area contributed by atoms with Crippen molar-refractivity contribution in [1.29, 1.82) is 0 Å². The van der Waals surface area contributed by atoms with E-state index in [1.54, 1.807) is 0 Å². The van der Waals surface area contributed by atoms with E-state index >= 15 is 0 Å². The molecule has 2 aromatic carbocycles. The lowest BCUT2D eigenvalue weighted by Gasteiger charge is -2.24. The molecule has 0 aromatic heterocycles. The Balaban J connectivity index is 1.90. The van der Waals surface area contributed by atoms with E-state index in [4.69, 9.17) is 18.9 Å². The van der Waals surface area contributed by atoms with Crippen LogP contribution in [0.5, 0.6) is 23.0 Å². The van der Waals surface area contributed by atoms with Crippen molar-refractivity contribution in [3.05, 3.63) is 36.4 Å². The Hall–Kier alpha value is -2.36. The van der Waals surface area contributed by atoms with Crippen LogP contribution in [-0.4, -0.2) is 26.4 Å². The molecule has 0 saturated heterocycles. The summed E-state index contributed by atoms with van der Waals surface area (Å²) in [5, 5.41) is 0. The van der Waals surface area contributed by atoms with Crippen molar-refractivity contribution in [2.45, 2.75) is 0 Å². The SMILES string of the molecule is c1cc2c(c(-c3cccc4c3OCCO4)c1)OCCO2. The molecule has 0 N–H and O–H groups in total. The summed E-state index contributed by atoms with van der Waals surface area (Å²) in [5.41, 5.74) is 1.95. The first-order chi connectivity index (χ1) is 9.93. The van der Waals surface area contributed by atoms with Crippen LogP contribution in [-0.2, 0) is 0 Å². The van der Waals surface area contributed by atoms with Gasteiger partial charge in [0.15, 0.2) is 23.0 Å². The first kappa shape index (κ1) is 11.5. The fourth-order valence-corrected chi connectivity index (χ4v) is 2.57. The number of rotatable bonds is 1. The molecule has 20 heavy (non-hydrogen) atoms. The smallest absolute Gasteiger partial charge is 0.169 e. The fraction of sp³-hybridized carbons (Fsp3) is 0.250. The lowest BCUT2D eigenvalue weighted by Crippen LogP contribution is -2.17. The Morgan fingerprint density at radius 2 is 1.00 bits per heavy atom. The van der Waals surface area contributed by atoms with Crippen molar-refractivity contribution < 1.29 is 18.9 Å². The molecule has 102 valence electrons. The van der Waals surface area contributed by atoms with E-state index in [0.717, 1.165) is 34.1 Å². The minimum Gasteiger partial charge on any atom is -0.486 e. The molecule has 2 aliphatic rings. The molecule has 0 radical (unpaired) electrons. The normalized spacial score (nSPS) is 15.8. The number of fused-ring (bicyclic) bond motifs is 2. The zero-order valence-electron chi connectivity index (χ0n) is 10.9. The molecular weight excluding hydrogens is 256 g/mol. The van der Waals surface area contributed by atoms with E-state index in [1.165, 1.54) is 0 Å². The number of ether oxygens (including phenoxy) is 4. The highest BCUT2D eigenvalue weighted by Gasteiger charge is 2.22. The first-order valence-electron chi connectivity index (χ1n) is 6.71. The molecule has 2 heterocycles. The molecular formula is C16H14O4. The van der Waals surface area contributed by atoms with Crippen LogP contribution in [0.25, 0.3) is 11.1 Å². The minimum atomic E-state index is 0.566. The quantitative estimate of drug-likeness (QED) is 0.798. The van der Waals surface area contributed by atoms with E-state index in [9.17, 15) is 0 Å². The van der Waals surface area contributed by atoms with Gasteiger partial charge in [-0.1, -0.05) is 24.3 Å². The van der Waals surface area contributed by atoms with Crippen molar-refractivity contribution in [1.82, 2.24) is 0 Å². The third-order valence-electron chi connectivity index (χ3n) is 3.42. The molecule has 0 spiro atoms. The van der Waals surface area contributed by atoms with Gasteiger partial charge in [-0.2, -0.15) is 0 Å². The van der Waals surface area contributed by atoms with Crippen LogP contribution in [0.2, 0.25) is 0 Å². The monoisotopic (exact) mass is 270 g/mol. The van der Waals surface area contributed by atoms with Gasteiger partial charge in [-0.25, -0.2) is 0 Å². The fourth-order valence-electron chi connectivity index (χ4n) is 2.57. The lowest BCUT2D eigenvalue weighted by molar-refractivity contribution is 0.169.